The molecule has 0 aliphatic heterocycles. The largest absolute Gasteiger partial charge is 0.326 e. The summed E-state index contributed by atoms with van der Waals surface area (Å²) >= 11 is 0. The molecular formula is C25H31N5O. The maximum Gasteiger partial charge on any atom is 0.257 e. The minimum atomic E-state index is -0.187. The number of hydrogen-bond acceptors (Lipinski definition) is 3. The van der Waals surface area contributed by atoms with E-state index in [4.69, 9.17) is 0 Å². The average Bonchev–Trinajstić information content (AvgIpc) is 2.93. The summed E-state index contributed by atoms with van der Waals surface area (Å²) in [4.78, 5) is 17.5. The molecular weight excluding hydrogens is 386 g/mol. The molecule has 0 atom stereocenters. The number of rotatable bonds is 5. The molecule has 3 aromatic rings. The Morgan fingerprint density at radius 2 is 1.71 bits per heavy atom. The number of hydrogen-bond donors (Lipinski definition) is 2. The van der Waals surface area contributed by atoms with Gasteiger partial charge in [0.25, 0.3) is 5.91 Å². The summed E-state index contributed by atoms with van der Waals surface area (Å²) in [5.41, 5.74) is 8.19. The van der Waals surface area contributed by atoms with Gasteiger partial charge in [-0.25, -0.2) is 0 Å². The van der Waals surface area contributed by atoms with Crippen LogP contribution in [0.2, 0.25) is 0 Å². The van der Waals surface area contributed by atoms with E-state index in [0.29, 0.717) is 18.1 Å². The number of guanidine groups is 1. The van der Waals surface area contributed by atoms with Crippen LogP contribution in [0.25, 0.3) is 0 Å². The fourth-order valence-electron chi connectivity index (χ4n) is 3.72. The summed E-state index contributed by atoms with van der Waals surface area (Å²) in [5.74, 6) is 0.253. The molecule has 0 saturated heterocycles. The molecule has 3 rings (SSSR count). The molecule has 0 bridgehead atoms. The van der Waals surface area contributed by atoms with E-state index >= 15 is 0 Å². The van der Waals surface area contributed by atoms with E-state index in [1.807, 2.05) is 69.8 Å². The number of carbonyl (C=O) groups excluding carboxylic acids is 1. The van der Waals surface area contributed by atoms with Crippen LogP contribution in [0.3, 0.4) is 0 Å². The monoisotopic (exact) mass is 417 g/mol. The number of aliphatic imine (C=N–C) groups is 1. The summed E-state index contributed by atoms with van der Waals surface area (Å²) in [6.45, 7) is 10.7. The fraction of sp³-hybridized carbons (Fsp3) is 0.320. The van der Waals surface area contributed by atoms with E-state index in [9.17, 15) is 4.79 Å². The van der Waals surface area contributed by atoms with Crippen LogP contribution >= 0.6 is 0 Å². The first-order chi connectivity index (χ1) is 14.7. The first-order valence-electron chi connectivity index (χ1n) is 10.5. The second-order valence-electron chi connectivity index (χ2n) is 8.08. The van der Waals surface area contributed by atoms with Gasteiger partial charge in [-0.1, -0.05) is 23.8 Å². The molecule has 0 spiro atoms. The third-order valence-corrected chi connectivity index (χ3v) is 5.29. The molecule has 0 aliphatic carbocycles. The standard InChI is InChI=1S/C25H31N5O/c1-16-8-7-9-21(13-16)24(31)28-25(27-22-14-17(2)12-18(3)15-22)26-11-10-23-19(4)29-30(6)20(23)5/h7-9,12-15H,10-11H2,1-6H3,(H2,26,27,28,31). The molecule has 1 aromatic heterocycles. The zero-order chi connectivity index (χ0) is 22.5. The second kappa shape index (κ2) is 9.60. The highest BCUT2D eigenvalue weighted by Gasteiger charge is 2.12. The number of amides is 1. The van der Waals surface area contributed by atoms with Gasteiger partial charge >= 0.3 is 0 Å². The Morgan fingerprint density at radius 3 is 2.32 bits per heavy atom. The van der Waals surface area contributed by atoms with E-state index in [1.54, 1.807) is 6.07 Å². The van der Waals surface area contributed by atoms with Gasteiger partial charge in [-0.2, -0.15) is 5.10 Å². The molecule has 1 heterocycles. The van der Waals surface area contributed by atoms with Crippen LogP contribution in [-0.4, -0.2) is 28.2 Å². The Balaban J connectivity index is 1.82. The van der Waals surface area contributed by atoms with Crippen molar-refractivity contribution < 1.29 is 4.79 Å². The molecule has 0 saturated carbocycles. The summed E-state index contributed by atoms with van der Waals surface area (Å²) in [6, 6.07) is 13.7. The topological polar surface area (TPSA) is 71.3 Å². The molecule has 6 heteroatoms. The van der Waals surface area contributed by atoms with Crippen molar-refractivity contribution in [3.05, 3.63) is 81.7 Å². The average molecular weight is 418 g/mol. The van der Waals surface area contributed by atoms with Crippen molar-refractivity contribution in [3.63, 3.8) is 0 Å². The highest BCUT2D eigenvalue weighted by molar-refractivity contribution is 6.10. The van der Waals surface area contributed by atoms with E-state index in [1.165, 1.54) is 5.56 Å². The Kier molecular flexibility index (Phi) is 6.90. The van der Waals surface area contributed by atoms with Crippen LogP contribution in [0.4, 0.5) is 5.69 Å². The van der Waals surface area contributed by atoms with Crippen molar-refractivity contribution in [1.29, 1.82) is 0 Å². The van der Waals surface area contributed by atoms with Crippen LogP contribution in [0.1, 0.15) is 44.0 Å². The Hall–Kier alpha value is -3.41. The summed E-state index contributed by atoms with van der Waals surface area (Å²) in [6.07, 6.45) is 0.754. The fourth-order valence-corrected chi connectivity index (χ4v) is 3.72. The van der Waals surface area contributed by atoms with Crippen LogP contribution in [-0.2, 0) is 13.5 Å². The van der Waals surface area contributed by atoms with Crippen molar-refractivity contribution >= 4 is 17.6 Å². The zero-order valence-corrected chi connectivity index (χ0v) is 19.2. The van der Waals surface area contributed by atoms with Crippen molar-refractivity contribution in [2.24, 2.45) is 12.0 Å². The highest BCUT2D eigenvalue weighted by atomic mass is 16.1. The number of carbonyl (C=O) groups is 1. The molecule has 6 nitrogen and oxygen atoms in total. The number of nitrogens with one attached hydrogen (secondary N) is 2. The normalized spacial score (nSPS) is 11.5. The molecule has 0 aliphatic rings. The molecule has 162 valence electrons. The molecule has 0 unspecified atom stereocenters. The Morgan fingerprint density at radius 1 is 1.00 bits per heavy atom. The molecule has 2 N–H and O–H groups in total. The van der Waals surface area contributed by atoms with Gasteiger partial charge in [0, 0.05) is 30.5 Å². The first-order valence-corrected chi connectivity index (χ1v) is 10.5. The van der Waals surface area contributed by atoms with Crippen molar-refractivity contribution in [2.75, 3.05) is 11.9 Å². The Bertz CT molecular complexity index is 1110. The number of anilines is 1. The minimum Gasteiger partial charge on any atom is -0.326 e. The van der Waals surface area contributed by atoms with Gasteiger partial charge in [0.1, 0.15) is 0 Å². The summed E-state index contributed by atoms with van der Waals surface area (Å²) in [7, 11) is 1.95. The lowest BCUT2D eigenvalue weighted by Crippen LogP contribution is -2.36. The quantitative estimate of drug-likeness (QED) is 0.477. The van der Waals surface area contributed by atoms with Crippen LogP contribution in [0, 0.1) is 34.6 Å². The maximum absolute atomic E-state index is 12.8. The SMILES string of the molecule is Cc1cc(C)cc(NC(=NCCc2c(C)nn(C)c2C)NC(=O)c2cccc(C)c2)c1. The minimum absolute atomic E-state index is 0.187. The van der Waals surface area contributed by atoms with Gasteiger partial charge in [-0.15, -0.1) is 0 Å². The van der Waals surface area contributed by atoms with Crippen molar-refractivity contribution in [2.45, 2.75) is 41.0 Å². The number of nitrogens with zero attached hydrogens (tertiary/aromatic N) is 3. The van der Waals surface area contributed by atoms with Gasteiger partial charge in [-0.05, 0) is 82.0 Å². The van der Waals surface area contributed by atoms with Gasteiger partial charge in [-0.3, -0.25) is 19.8 Å². The highest BCUT2D eigenvalue weighted by Crippen LogP contribution is 2.15. The van der Waals surface area contributed by atoms with Crippen LogP contribution in [0.15, 0.2) is 47.5 Å². The lowest BCUT2D eigenvalue weighted by Gasteiger charge is -2.13. The zero-order valence-electron chi connectivity index (χ0n) is 19.2. The van der Waals surface area contributed by atoms with E-state index in [-0.39, 0.29) is 5.91 Å². The Labute approximate surface area is 184 Å². The van der Waals surface area contributed by atoms with Crippen LogP contribution in [0.5, 0.6) is 0 Å². The van der Waals surface area contributed by atoms with Gasteiger partial charge in [0.2, 0.25) is 5.96 Å². The third kappa shape index (κ3) is 5.81. The van der Waals surface area contributed by atoms with Gasteiger partial charge in [0.05, 0.1) is 5.69 Å². The number of aromatic nitrogens is 2. The molecule has 1 amide bonds. The molecule has 0 radical (unpaired) electrons. The van der Waals surface area contributed by atoms with Crippen LogP contribution < -0.4 is 10.6 Å². The second-order valence-corrected chi connectivity index (χ2v) is 8.08. The lowest BCUT2D eigenvalue weighted by molar-refractivity contribution is 0.0977. The molecule has 0 fully saturated rings. The smallest absolute Gasteiger partial charge is 0.257 e. The number of aryl methyl sites for hydroxylation is 5. The van der Waals surface area contributed by atoms with E-state index in [2.05, 4.69) is 33.7 Å². The molecule has 2 aromatic carbocycles. The lowest BCUT2D eigenvalue weighted by atomic mass is 10.1. The van der Waals surface area contributed by atoms with E-state index in [0.717, 1.165) is 40.2 Å². The van der Waals surface area contributed by atoms with E-state index < -0.39 is 0 Å². The first kappa shape index (κ1) is 22.3. The third-order valence-electron chi connectivity index (χ3n) is 5.29. The molecule has 31 heavy (non-hydrogen) atoms. The van der Waals surface area contributed by atoms with Gasteiger partial charge < -0.3 is 5.32 Å². The number of benzene rings is 2. The maximum atomic E-state index is 12.8. The predicted octanol–water partition coefficient (Wildman–Crippen LogP) is 4.40. The predicted molar refractivity (Wildman–Crippen MR) is 127 cm³/mol. The van der Waals surface area contributed by atoms with Gasteiger partial charge in [0.15, 0.2) is 0 Å². The summed E-state index contributed by atoms with van der Waals surface area (Å²) < 4.78 is 1.89. The summed E-state index contributed by atoms with van der Waals surface area (Å²) in [5, 5.41) is 10.7. The van der Waals surface area contributed by atoms with Crippen molar-refractivity contribution in [1.82, 2.24) is 15.1 Å². The van der Waals surface area contributed by atoms with Crippen molar-refractivity contribution in [3.8, 4) is 0 Å².